The molecule has 1 aromatic rings. The van der Waals surface area contributed by atoms with Crippen LogP contribution in [0.2, 0.25) is 0 Å². The van der Waals surface area contributed by atoms with Crippen LogP contribution in [0.5, 0.6) is 0 Å². The van der Waals surface area contributed by atoms with Crippen LogP contribution in [0.4, 0.5) is 5.69 Å². The molecule has 0 bridgehead atoms. The van der Waals surface area contributed by atoms with E-state index in [1.807, 2.05) is 13.1 Å². The lowest BCUT2D eigenvalue weighted by Gasteiger charge is -2.31. The Morgan fingerprint density at radius 1 is 1.55 bits per heavy atom. The number of ether oxygens (including phenoxy) is 1. The van der Waals surface area contributed by atoms with E-state index < -0.39 is 0 Å². The molecule has 7 heteroatoms. The number of amides is 1. The van der Waals surface area contributed by atoms with Crippen LogP contribution in [0, 0.1) is 0 Å². The number of carbonyl (C=O) groups is 1. The minimum absolute atomic E-state index is 0.0122. The summed E-state index contributed by atoms with van der Waals surface area (Å²) >= 11 is 0. The molecule has 1 amide bonds. The fourth-order valence-corrected chi connectivity index (χ4v) is 2.22. The van der Waals surface area contributed by atoms with Gasteiger partial charge < -0.3 is 15.4 Å². The maximum Gasteiger partial charge on any atom is 0.241 e. The molecule has 1 atom stereocenters. The first kappa shape index (κ1) is 15.0. The second-order valence-electron chi connectivity index (χ2n) is 4.94. The topological polar surface area (TPSA) is 71.4 Å². The molecule has 1 aliphatic heterocycles. The van der Waals surface area contributed by atoms with Gasteiger partial charge in [0.25, 0.3) is 0 Å². The molecule has 2 heterocycles. The van der Waals surface area contributed by atoms with Gasteiger partial charge >= 0.3 is 0 Å². The zero-order valence-electron chi connectivity index (χ0n) is 12.1. The molecule has 1 fully saturated rings. The van der Waals surface area contributed by atoms with E-state index >= 15 is 0 Å². The van der Waals surface area contributed by atoms with Crippen molar-refractivity contribution in [2.45, 2.75) is 19.5 Å². The van der Waals surface area contributed by atoms with Gasteiger partial charge in [-0.3, -0.25) is 14.4 Å². The molecule has 2 rings (SSSR count). The fraction of sp³-hybridized carbons (Fsp3) is 0.692. The van der Waals surface area contributed by atoms with E-state index in [1.165, 1.54) is 0 Å². The van der Waals surface area contributed by atoms with Crippen LogP contribution in [0.3, 0.4) is 0 Å². The van der Waals surface area contributed by atoms with Gasteiger partial charge in [0.2, 0.25) is 5.91 Å². The number of hydrogen-bond donors (Lipinski definition) is 2. The SMILES string of the molecule is COCCn1cc(NC(=O)C(C)N2CCNCC2)cn1. The molecule has 1 aromatic heterocycles. The summed E-state index contributed by atoms with van der Waals surface area (Å²) in [6.45, 7) is 6.91. The molecular weight excluding hydrogens is 258 g/mol. The van der Waals surface area contributed by atoms with Crippen molar-refractivity contribution in [1.29, 1.82) is 0 Å². The van der Waals surface area contributed by atoms with Crippen LogP contribution < -0.4 is 10.6 Å². The number of piperazine rings is 1. The molecule has 1 aliphatic rings. The standard InChI is InChI=1S/C13H23N5O2/c1-11(17-5-3-14-4-6-17)13(19)16-12-9-15-18(10-12)7-8-20-2/h9-11,14H,3-8H2,1-2H3,(H,16,19). The highest BCUT2D eigenvalue weighted by molar-refractivity contribution is 5.94. The maximum atomic E-state index is 12.2. The van der Waals surface area contributed by atoms with Crippen molar-refractivity contribution in [3.05, 3.63) is 12.4 Å². The summed E-state index contributed by atoms with van der Waals surface area (Å²) in [5.74, 6) is 0.0122. The monoisotopic (exact) mass is 281 g/mol. The van der Waals surface area contributed by atoms with Crippen LogP contribution in [0.1, 0.15) is 6.92 Å². The average Bonchev–Trinajstić information content (AvgIpc) is 2.92. The number of carbonyl (C=O) groups excluding carboxylic acids is 1. The molecule has 7 nitrogen and oxygen atoms in total. The van der Waals surface area contributed by atoms with Crippen molar-refractivity contribution < 1.29 is 9.53 Å². The summed E-state index contributed by atoms with van der Waals surface area (Å²) in [6, 6.07) is -0.126. The number of hydrogen-bond acceptors (Lipinski definition) is 5. The van der Waals surface area contributed by atoms with Crippen molar-refractivity contribution in [2.75, 3.05) is 45.2 Å². The number of anilines is 1. The fourth-order valence-electron chi connectivity index (χ4n) is 2.22. The Morgan fingerprint density at radius 2 is 2.30 bits per heavy atom. The van der Waals surface area contributed by atoms with Crippen LogP contribution in [-0.4, -0.2) is 66.5 Å². The molecule has 0 spiro atoms. The molecule has 20 heavy (non-hydrogen) atoms. The third-order valence-electron chi connectivity index (χ3n) is 3.50. The quantitative estimate of drug-likeness (QED) is 0.753. The first-order valence-corrected chi connectivity index (χ1v) is 6.97. The summed E-state index contributed by atoms with van der Waals surface area (Å²) in [4.78, 5) is 14.4. The van der Waals surface area contributed by atoms with Crippen LogP contribution in [0.15, 0.2) is 12.4 Å². The van der Waals surface area contributed by atoms with E-state index in [0.29, 0.717) is 13.2 Å². The van der Waals surface area contributed by atoms with E-state index in [-0.39, 0.29) is 11.9 Å². The Labute approximate surface area is 119 Å². The van der Waals surface area contributed by atoms with Gasteiger partial charge in [0, 0.05) is 39.5 Å². The lowest BCUT2D eigenvalue weighted by Crippen LogP contribution is -2.51. The van der Waals surface area contributed by atoms with E-state index in [0.717, 1.165) is 31.9 Å². The predicted octanol–water partition coefficient (Wildman–Crippen LogP) is -0.238. The highest BCUT2D eigenvalue weighted by Crippen LogP contribution is 2.08. The molecule has 1 saturated heterocycles. The summed E-state index contributed by atoms with van der Waals surface area (Å²) in [6.07, 6.45) is 3.49. The maximum absolute atomic E-state index is 12.2. The lowest BCUT2D eigenvalue weighted by atomic mass is 10.2. The summed E-state index contributed by atoms with van der Waals surface area (Å²) in [7, 11) is 1.65. The highest BCUT2D eigenvalue weighted by Gasteiger charge is 2.22. The predicted molar refractivity (Wildman–Crippen MR) is 76.6 cm³/mol. The Hall–Kier alpha value is -1.44. The molecule has 0 radical (unpaired) electrons. The van der Waals surface area contributed by atoms with Crippen molar-refractivity contribution in [3.8, 4) is 0 Å². The van der Waals surface area contributed by atoms with Crippen molar-refractivity contribution >= 4 is 11.6 Å². The second-order valence-corrected chi connectivity index (χ2v) is 4.94. The smallest absolute Gasteiger partial charge is 0.241 e. The number of aromatic nitrogens is 2. The summed E-state index contributed by atoms with van der Waals surface area (Å²) < 4.78 is 6.75. The Kier molecular flexibility index (Phi) is 5.51. The minimum atomic E-state index is -0.126. The number of rotatable bonds is 6. The van der Waals surface area contributed by atoms with E-state index in [4.69, 9.17) is 4.74 Å². The average molecular weight is 281 g/mol. The number of methoxy groups -OCH3 is 1. The number of nitrogens with zero attached hydrogens (tertiary/aromatic N) is 3. The van der Waals surface area contributed by atoms with Gasteiger partial charge in [0.1, 0.15) is 0 Å². The van der Waals surface area contributed by atoms with E-state index in [1.54, 1.807) is 18.0 Å². The Morgan fingerprint density at radius 3 is 3.00 bits per heavy atom. The molecule has 0 aliphatic carbocycles. The summed E-state index contributed by atoms with van der Waals surface area (Å²) in [5.41, 5.74) is 0.730. The first-order chi connectivity index (χ1) is 9.70. The van der Waals surface area contributed by atoms with Gasteiger partial charge in [-0.15, -0.1) is 0 Å². The molecule has 1 unspecified atom stereocenters. The van der Waals surface area contributed by atoms with Crippen LogP contribution >= 0.6 is 0 Å². The third-order valence-corrected chi connectivity index (χ3v) is 3.50. The Balaban J connectivity index is 1.85. The summed E-state index contributed by atoms with van der Waals surface area (Å²) in [5, 5.41) is 10.4. The molecule has 112 valence electrons. The molecule has 2 N–H and O–H groups in total. The normalized spacial score (nSPS) is 17.9. The lowest BCUT2D eigenvalue weighted by molar-refractivity contribution is -0.120. The highest BCUT2D eigenvalue weighted by atomic mass is 16.5. The van der Waals surface area contributed by atoms with Gasteiger partial charge in [-0.05, 0) is 6.92 Å². The van der Waals surface area contributed by atoms with Crippen molar-refractivity contribution in [2.24, 2.45) is 0 Å². The Bertz CT molecular complexity index is 428. The van der Waals surface area contributed by atoms with Gasteiger partial charge in [0.05, 0.1) is 31.1 Å². The minimum Gasteiger partial charge on any atom is -0.383 e. The molecule has 0 aromatic carbocycles. The van der Waals surface area contributed by atoms with Gasteiger partial charge in [-0.1, -0.05) is 0 Å². The third kappa shape index (κ3) is 4.03. The molecular formula is C13H23N5O2. The van der Waals surface area contributed by atoms with Crippen LogP contribution in [-0.2, 0) is 16.1 Å². The van der Waals surface area contributed by atoms with Gasteiger partial charge in [-0.2, -0.15) is 5.10 Å². The second kappa shape index (κ2) is 7.37. The molecule has 0 saturated carbocycles. The van der Waals surface area contributed by atoms with Gasteiger partial charge in [0.15, 0.2) is 0 Å². The first-order valence-electron chi connectivity index (χ1n) is 6.97. The van der Waals surface area contributed by atoms with Crippen molar-refractivity contribution in [1.82, 2.24) is 20.0 Å². The van der Waals surface area contributed by atoms with Crippen molar-refractivity contribution in [3.63, 3.8) is 0 Å². The number of nitrogens with one attached hydrogen (secondary N) is 2. The van der Waals surface area contributed by atoms with E-state index in [2.05, 4.69) is 20.6 Å². The van der Waals surface area contributed by atoms with Gasteiger partial charge in [-0.25, -0.2) is 0 Å². The zero-order valence-corrected chi connectivity index (χ0v) is 12.1. The van der Waals surface area contributed by atoms with E-state index in [9.17, 15) is 4.79 Å². The largest absolute Gasteiger partial charge is 0.383 e. The van der Waals surface area contributed by atoms with Crippen LogP contribution in [0.25, 0.3) is 0 Å². The zero-order chi connectivity index (χ0) is 14.4.